The van der Waals surface area contributed by atoms with E-state index < -0.39 is 0 Å². The van der Waals surface area contributed by atoms with E-state index in [4.69, 9.17) is 9.72 Å². The van der Waals surface area contributed by atoms with Gasteiger partial charge in [0, 0.05) is 37.6 Å². The van der Waals surface area contributed by atoms with E-state index in [0.717, 1.165) is 33.5 Å². The van der Waals surface area contributed by atoms with Crippen LogP contribution in [0, 0.1) is 0 Å². The van der Waals surface area contributed by atoms with Crippen LogP contribution in [0.2, 0.25) is 0 Å². The van der Waals surface area contributed by atoms with Crippen LogP contribution < -0.4 is 5.56 Å². The summed E-state index contributed by atoms with van der Waals surface area (Å²) >= 11 is 3.12. The molecule has 0 aliphatic heterocycles. The molecule has 0 atom stereocenters. The zero-order valence-corrected chi connectivity index (χ0v) is 19.0. The van der Waals surface area contributed by atoms with Crippen molar-refractivity contribution < 1.29 is 4.74 Å². The van der Waals surface area contributed by atoms with Crippen LogP contribution in [0.25, 0.3) is 27.4 Å². The van der Waals surface area contributed by atoms with E-state index in [1.807, 2.05) is 52.2 Å². The molecule has 8 nitrogen and oxygen atoms in total. The summed E-state index contributed by atoms with van der Waals surface area (Å²) in [5, 5.41) is 13.1. The summed E-state index contributed by atoms with van der Waals surface area (Å²) in [5.41, 5.74) is 2.56. The molecule has 0 radical (unpaired) electrons. The Balaban J connectivity index is 1.49. The van der Waals surface area contributed by atoms with Crippen LogP contribution in [0.4, 0.5) is 0 Å². The summed E-state index contributed by atoms with van der Waals surface area (Å²) in [6.45, 7) is 1.09. The summed E-state index contributed by atoms with van der Waals surface area (Å²) in [6, 6.07) is 13.4. The minimum absolute atomic E-state index is 0.0624. The molecular weight excluding hydrogens is 444 g/mol. The number of rotatable bonds is 8. The molecule has 5 rings (SSSR count). The number of hydrogen-bond acceptors (Lipinski definition) is 8. The third-order valence-electron chi connectivity index (χ3n) is 4.99. The molecule has 0 unspecified atom stereocenters. The van der Waals surface area contributed by atoms with Gasteiger partial charge in [-0.1, -0.05) is 30.0 Å². The average Bonchev–Trinajstić information content (AvgIpc) is 3.48. The molecule has 4 aromatic heterocycles. The minimum atomic E-state index is -0.0624. The van der Waals surface area contributed by atoms with Gasteiger partial charge < -0.3 is 4.74 Å². The van der Waals surface area contributed by atoms with Crippen molar-refractivity contribution in [1.82, 2.24) is 29.1 Å². The van der Waals surface area contributed by atoms with Crippen molar-refractivity contribution in [3.63, 3.8) is 0 Å². The van der Waals surface area contributed by atoms with E-state index in [1.165, 1.54) is 0 Å². The van der Waals surface area contributed by atoms with Gasteiger partial charge in [-0.15, -0.1) is 21.5 Å². The lowest BCUT2D eigenvalue weighted by molar-refractivity contribution is 0.190. The third kappa shape index (κ3) is 3.92. The molecule has 0 N–H and O–H groups in total. The second-order valence-electron chi connectivity index (χ2n) is 7.09. The third-order valence-corrected chi connectivity index (χ3v) is 6.87. The fraction of sp³-hybridized carbons (Fsp3) is 0.227. The highest BCUT2D eigenvalue weighted by Gasteiger charge is 2.17. The lowest BCUT2D eigenvalue weighted by Gasteiger charge is -2.11. The predicted octanol–water partition coefficient (Wildman–Crippen LogP) is 3.89. The quantitative estimate of drug-likeness (QED) is 0.254. The van der Waals surface area contributed by atoms with Gasteiger partial charge in [0.05, 0.1) is 22.3 Å². The molecule has 0 aliphatic carbocycles. The van der Waals surface area contributed by atoms with Gasteiger partial charge in [0.1, 0.15) is 5.01 Å². The van der Waals surface area contributed by atoms with Crippen molar-refractivity contribution in [3.8, 4) is 10.7 Å². The van der Waals surface area contributed by atoms with E-state index in [9.17, 15) is 4.79 Å². The molecule has 4 heterocycles. The van der Waals surface area contributed by atoms with Crippen LogP contribution in [-0.2, 0) is 17.0 Å². The summed E-state index contributed by atoms with van der Waals surface area (Å²) in [5.74, 6) is 1.18. The van der Waals surface area contributed by atoms with Crippen molar-refractivity contribution >= 4 is 39.8 Å². The Kier molecular flexibility index (Phi) is 5.97. The Morgan fingerprint density at radius 1 is 1.12 bits per heavy atom. The van der Waals surface area contributed by atoms with Gasteiger partial charge in [0.25, 0.3) is 5.56 Å². The molecule has 0 aliphatic rings. The number of benzene rings is 1. The molecular formula is C22H20N6O2S2. The van der Waals surface area contributed by atoms with Gasteiger partial charge in [-0.3, -0.25) is 18.7 Å². The molecule has 5 aromatic rings. The summed E-state index contributed by atoms with van der Waals surface area (Å²) < 4.78 is 8.80. The van der Waals surface area contributed by atoms with E-state index in [-0.39, 0.29) is 5.56 Å². The van der Waals surface area contributed by atoms with Crippen molar-refractivity contribution in [2.45, 2.75) is 23.9 Å². The number of nitrogens with zero attached hydrogens (tertiary/aromatic N) is 6. The number of hydrogen-bond donors (Lipinski definition) is 0. The maximum Gasteiger partial charge on any atom is 0.262 e. The Hall–Kier alpha value is -3.08. The maximum absolute atomic E-state index is 13.1. The fourth-order valence-electron chi connectivity index (χ4n) is 3.51. The van der Waals surface area contributed by atoms with Crippen molar-refractivity contribution in [3.05, 3.63) is 70.1 Å². The number of thiazole rings is 1. The van der Waals surface area contributed by atoms with Crippen LogP contribution in [-0.4, -0.2) is 42.8 Å². The highest BCUT2D eigenvalue weighted by molar-refractivity contribution is 7.98. The van der Waals surface area contributed by atoms with Gasteiger partial charge in [-0.05, 0) is 30.7 Å². The van der Waals surface area contributed by atoms with Crippen molar-refractivity contribution in [2.24, 2.45) is 0 Å². The summed E-state index contributed by atoms with van der Waals surface area (Å²) in [6.07, 6.45) is 2.49. The SMILES string of the molecule is COCCCn1c(=O)c2ccccc2n2c(SCc3csc(-c4ccccn4)n3)nnc12. The molecule has 0 fully saturated rings. The highest BCUT2D eigenvalue weighted by Crippen LogP contribution is 2.27. The van der Waals surface area contributed by atoms with Crippen LogP contribution in [0.5, 0.6) is 0 Å². The van der Waals surface area contributed by atoms with Crippen LogP contribution in [0.1, 0.15) is 12.1 Å². The van der Waals surface area contributed by atoms with Crippen LogP contribution in [0.3, 0.4) is 0 Å². The Morgan fingerprint density at radius 3 is 2.84 bits per heavy atom. The predicted molar refractivity (Wildman–Crippen MR) is 126 cm³/mol. The Morgan fingerprint density at radius 2 is 2.00 bits per heavy atom. The number of aromatic nitrogens is 6. The Labute approximate surface area is 191 Å². The largest absolute Gasteiger partial charge is 0.385 e. The van der Waals surface area contributed by atoms with Gasteiger partial charge in [0.2, 0.25) is 5.78 Å². The number of para-hydroxylation sites is 1. The van der Waals surface area contributed by atoms with Gasteiger partial charge in [0.15, 0.2) is 5.16 Å². The molecule has 0 saturated heterocycles. The summed E-state index contributed by atoms with van der Waals surface area (Å²) in [4.78, 5) is 22.2. The number of fused-ring (bicyclic) bond motifs is 3. The summed E-state index contributed by atoms with van der Waals surface area (Å²) in [7, 11) is 1.66. The van der Waals surface area contributed by atoms with E-state index >= 15 is 0 Å². The van der Waals surface area contributed by atoms with Crippen LogP contribution >= 0.6 is 23.1 Å². The monoisotopic (exact) mass is 464 g/mol. The molecule has 0 amide bonds. The molecule has 0 bridgehead atoms. The van der Waals surface area contributed by atoms with E-state index in [1.54, 1.807) is 41.0 Å². The first kappa shape index (κ1) is 20.8. The lowest BCUT2D eigenvalue weighted by Crippen LogP contribution is -2.24. The standard InChI is InChI=1S/C22H20N6O2S2/c1-30-12-6-11-27-20(29)16-7-2-3-9-18(16)28-21(27)25-26-22(28)32-14-15-13-31-19(24-15)17-8-4-5-10-23-17/h2-5,7-10,13H,6,11-12,14H2,1H3. The molecule has 0 spiro atoms. The van der Waals surface area contributed by atoms with E-state index in [0.29, 0.717) is 30.1 Å². The topological polar surface area (TPSA) is 87.2 Å². The first-order valence-electron chi connectivity index (χ1n) is 10.1. The minimum Gasteiger partial charge on any atom is -0.385 e. The number of aryl methyl sites for hydroxylation is 1. The Bertz CT molecular complexity index is 1430. The molecule has 10 heteroatoms. The van der Waals surface area contributed by atoms with Gasteiger partial charge >= 0.3 is 0 Å². The highest BCUT2D eigenvalue weighted by atomic mass is 32.2. The van der Waals surface area contributed by atoms with Crippen molar-refractivity contribution in [1.29, 1.82) is 0 Å². The van der Waals surface area contributed by atoms with Crippen molar-refractivity contribution in [2.75, 3.05) is 13.7 Å². The fourth-order valence-corrected chi connectivity index (χ4v) is 5.25. The second kappa shape index (κ2) is 9.19. The number of pyridine rings is 1. The van der Waals surface area contributed by atoms with Gasteiger partial charge in [-0.25, -0.2) is 4.98 Å². The molecule has 162 valence electrons. The smallest absolute Gasteiger partial charge is 0.262 e. The first-order valence-corrected chi connectivity index (χ1v) is 12.0. The zero-order chi connectivity index (χ0) is 21.9. The molecule has 1 aromatic carbocycles. The van der Waals surface area contributed by atoms with Crippen LogP contribution in [0.15, 0.2) is 64.0 Å². The maximum atomic E-state index is 13.1. The first-order chi connectivity index (χ1) is 15.8. The van der Waals surface area contributed by atoms with E-state index in [2.05, 4.69) is 15.2 Å². The number of methoxy groups -OCH3 is 1. The number of ether oxygens (including phenoxy) is 1. The average molecular weight is 465 g/mol. The molecule has 0 saturated carbocycles. The van der Waals surface area contributed by atoms with Gasteiger partial charge in [-0.2, -0.15) is 0 Å². The lowest BCUT2D eigenvalue weighted by atomic mass is 10.2. The zero-order valence-electron chi connectivity index (χ0n) is 17.3. The molecule has 32 heavy (non-hydrogen) atoms. The second-order valence-corrected chi connectivity index (χ2v) is 8.89. The number of thioether (sulfide) groups is 1. The normalized spacial score (nSPS) is 11.5.